The number of nitrogens with zero attached hydrogens (tertiary/aromatic N) is 6. The van der Waals surface area contributed by atoms with E-state index in [4.69, 9.17) is 25.9 Å². The van der Waals surface area contributed by atoms with Crippen LogP contribution in [-0.4, -0.2) is 76.5 Å². The summed E-state index contributed by atoms with van der Waals surface area (Å²) in [5, 5.41) is 21.2. The van der Waals surface area contributed by atoms with Crippen molar-refractivity contribution in [3.05, 3.63) is 47.7 Å². The molecule has 0 radical (unpaired) electrons. The highest BCUT2D eigenvalue weighted by molar-refractivity contribution is 6.03. The molecule has 2 aliphatic heterocycles. The number of fused-ring (bicyclic) bond motifs is 3. The van der Waals surface area contributed by atoms with Gasteiger partial charge in [0.25, 0.3) is 0 Å². The zero-order valence-corrected chi connectivity index (χ0v) is 28.7. The van der Waals surface area contributed by atoms with Crippen LogP contribution in [0.3, 0.4) is 0 Å². The molecule has 2 saturated heterocycles. The molecule has 51 heavy (non-hydrogen) atoms. The van der Waals surface area contributed by atoms with Crippen LogP contribution < -0.4 is 9.64 Å². The van der Waals surface area contributed by atoms with Crippen molar-refractivity contribution in [3.8, 4) is 41.4 Å². The second-order valence-electron chi connectivity index (χ2n) is 14.7. The van der Waals surface area contributed by atoms with Gasteiger partial charge in [0.05, 0.1) is 30.2 Å². The Morgan fingerprint density at radius 2 is 1.86 bits per heavy atom. The lowest BCUT2D eigenvalue weighted by Gasteiger charge is -2.50. The van der Waals surface area contributed by atoms with Gasteiger partial charge >= 0.3 is 6.01 Å². The Bertz CT molecular complexity index is 2050. The third-order valence-electron chi connectivity index (χ3n) is 11.8. The van der Waals surface area contributed by atoms with Crippen molar-refractivity contribution in [2.24, 2.45) is 11.3 Å². The number of benzene rings is 2. The summed E-state index contributed by atoms with van der Waals surface area (Å²) in [5.41, 5.74) is -0.00601. The Labute approximate surface area is 296 Å². The Morgan fingerprint density at radius 1 is 1.02 bits per heavy atom. The highest BCUT2D eigenvalue weighted by Gasteiger charge is 2.50. The van der Waals surface area contributed by atoms with Crippen LogP contribution in [0.15, 0.2) is 30.5 Å². The summed E-state index contributed by atoms with van der Waals surface area (Å²) in [4.78, 5) is 18.9. The minimum absolute atomic E-state index is 0.0281. The van der Waals surface area contributed by atoms with Gasteiger partial charge in [-0.05, 0) is 87.9 Å². The van der Waals surface area contributed by atoms with Gasteiger partial charge in [0.2, 0.25) is 0 Å². The van der Waals surface area contributed by atoms with Crippen LogP contribution in [0.1, 0.15) is 69.8 Å². The smallest absolute Gasteiger partial charge is 0.319 e. The lowest BCUT2D eigenvalue weighted by Crippen LogP contribution is -2.56. The Morgan fingerprint density at radius 3 is 2.69 bits per heavy atom. The van der Waals surface area contributed by atoms with Gasteiger partial charge in [-0.2, -0.15) is 15.2 Å². The molecule has 4 aromatic rings. The highest BCUT2D eigenvalue weighted by atomic mass is 19.1. The van der Waals surface area contributed by atoms with E-state index in [0.29, 0.717) is 61.6 Å². The first-order valence-corrected chi connectivity index (χ1v) is 18.3. The van der Waals surface area contributed by atoms with Gasteiger partial charge in [-0.3, -0.25) is 9.88 Å². The largest absolute Gasteiger partial charge is 0.508 e. The predicted molar refractivity (Wildman–Crippen MR) is 190 cm³/mol. The monoisotopic (exact) mass is 692 g/mol. The minimum Gasteiger partial charge on any atom is -0.508 e. The third-order valence-corrected chi connectivity index (χ3v) is 11.8. The number of phenolic OH excluding ortho intramolecular Hbond substituents is 1. The van der Waals surface area contributed by atoms with Gasteiger partial charge in [0.1, 0.15) is 28.6 Å². The van der Waals surface area contributed by atoms with Crippen LogP contribution in [0.4, 0.5) is 14.6 Å². The Hall–Kier alpha value is -4.58. The van der Waals surface area contributed by atoms with Crippen molar-refractivity contribution < 1.29 is 23.4 Å². The second-order valence-corrected chi connectivity index (χ2v) is 14.7. The van der Waals surface area contributed by atoms with Crippen LogP contribution in [-0.2, 0) is 4.74 Å². The summed E-state index contributed by atoms with van der Waals surface area (Å²) in [6.07, 6.45) is 17.5. The maximum Gasteiger partial charge on any atom is 0.319 e. The molecule has 0 bridgehead atoms. The molecular weight excluding hydrogens is 650 g/mol. The average molecular weight is 693 g/mol. The predicted octanol–water partition coefficient (Wildman–Crippen LogP) is 7.13. The fourth-order valence-electron chi connectivity index (χ4n) is 9.35. The van der Waals surface area contributed by atoms with Gasteiger partial charge in [0, 0.05) is 60.3 Å². The van der Waals surface area contributed by atoms with Crippen molar-refractivity contribution in [1.82, 2.24) is 19.9 Å². The fourth-order valence-corrected chi connectivity index (χ4v) is 9.35. The Balaban J connectivity index is 1.18. The number of piperidine rings is 1. The number of ether oxygens (including phenoxy) is 2. The number of anilines is 1. The standard InChI is InChI=1S/C40H42F2N6O3/c1-2-29-32(41)12-9-26-20-28(49)21-30(34(26)29)36-35(42)37-31(23-44-36)38(47-15-5-18-50-19-17-47)46-39(45-37)51-24-40-13-3-6-33(40)48(16-4-14-40)27-10-7-25(22-43)8-11-27/h1,9,12,20-21,23,25,27,33,49H,3-8,10-11,13-19,24H2. The van der Waals surface area contributed by atoms with Crippen LogP contribution in [0.2, 0.25) is 0 Å². The molecule has 2 unspecified atom stereocenters. The van der Waals surface area contributed by atoms with Gasteiger partial charge in [0.15, 0.2) is 5.82 Å². The normalized spacial score (nSPS) is 25.6. The molecule has 2 aromatic carbocycles. The van der Waals surface area contributed by atoms with Crippen molar-refractivity contribution in [3.63, 3.8) is 0 Å². The van der Waals surface area contributed by atoms with Gasteiger partial charge in [-0.1, -0.05) is 18.4 Å². The number of aromatic hydroxyl groups is 1. The number of terminal acetylenes is 1. The molecule has 4 fully saturated rings. The van der Waals surface area contributed by atoms with Crippen LogP contribution in [0.25, 0.3) is 32.9 Å². The van der Waals surface area contributed by atoms with Crippen LogP contribution in [0, 0.1) is 46.6 Å². The summed E-state index contributed by atoms with van der Waals surface area (Å²) in [6.45, 7) is 3.84. The molecule has 2 aliphatic carbocycles. The summed E-state index contributed by atoms with van der Waals surface area (Å²) >= 11 is 0. The van der Waals surface area contributed by atoms with Crippen molar-refractivity contribution in [2.45, 2.75) is 76.3 Å². The topological polar surface area (TPSA) is 108 Å². The average Bonchev–Trinajstić information content (AvgIpc) is 3.40. The number of hydrogen-bond acceptors (Lipinski definition) is 9. The van der Waals surface area contributed by atoms with Gasteiger partial charge in [-0.15, -0.1) is 6.42 Å². The molecule has 2 saturated carbocycles. The molecule has 11 heteroatoms. The molecule has 9 nitrogen and oxygen atoms in total. The summed E-state index contributed by atoms with van der Waals surface area (Å²) in [5.74, 6) is 1.60. The van der Waals surface area contributed by atoms with E-state index in [1.165, 1.54) is 30.5 Å². The summed E-state index contributed by atoms with van der Waals surface area (Å²) in [6, 6.07) is 8.99. The van der Waals surface area contributed by atoms with E-state index in [9.17, 15) is 14.8 Å². The lowest BCUT2D eigenvalue weighted by molar-refractivity contribution is -0.0317. The number of phenols is 1. The number of aromatic nitrogens is 3. The van der Waals surface area contributed by atoms with E-state index in [-0.39, 0.29) is 50.8 Å². The zero-order chi connectivity index (χ0) is 35.1. The molecule has 4 heterocycles. The number of pyridine rings is 1. The number of likely N-dealkylation sites (tertiary alicyclic amines) is 1. The van der Waals surface area contributed by atoms with E-state index in [1.54, 1.807) is 0 Å². The van der Waals surface area contributed by atoms with Gasteiger partial charge < -0.3 is 19.5 Å². The molecule has 8 rings (SSSR count). The number of halogens is 2. The zero-order valence-electron chi connectivity index (χ0n) is 28.7. The molecule has 0 spiro atoms. The fraction of sp³-hybridized carbons (Fsp3) is 0.500. The van der Waals surface area contributed by atoms with E-state index in [1.807, 2.05) is 0 Å². The molecule has 2 atom stereocenters. The quantitative estimate of drug-likeness (QED) is 0.211. The van der Waals surface area contributed by atoms with Gasteiger partial charge in [-0.25, -0.2) is 8.78 Å². The third kappa shape index (κ3) is 6.11. The molecule has 4 aliphatic rings. The number of hydrogen-bond donors (Lipinski definition) is 1. The molecule has 264 valence electrons. The van der Waals surface area contributed by atoms with E-state index >= 15 is 4.39 Å². The van der Waals surface area contributed by atoms with Crippen molar-refractivity contribution in [2.75, 3.05) is 44.4 Å². The first-order valence-electron chi connectivity index (χ1n) is 18.3. The van der Waals surface area contributed by atoms with Crippen LogP contribution in [0.5, 0.6) is 11.8 Å². The van der Waals surface area contributed by atoms with Crippen LogP contribution >= 0.6 is 0 Å². The Kier molecular flexibility index (Phi) is 9.12. The molecule has 0 amide bonds. The maximum atomic E-state index is 17.0. The molecular formula is C40H42F2N6O3. The summed E-state index contributed by atoms with van der Waals surface area (Å²) in [7, 11) is 0. The first kappa shape index (κ1) is 33.6. The number of rotatable bonds is 6. The van der Waals surface area contributed by atoms with E-state index in [0.717, 1.165) is 70.8 Å². The van der Waals surface area contributed by atoms with Crippen molar-refractivity contribution >= 4 is 27.5 Å². The first-order chi connectivity index (χ1) is 24.9. The number of nitriles is 1. The molecule has 2 aromatic heterocycles. The summed E-state index contributed by atoms with van der Waals surface area (Å²) < 4.78 is 44.2. The van der Waals surface area contributed by atoms with Crippen molar-refractivity contribution in [1.29, 1.82) is 5.26 Å². The lowest BCUT2D eigenvalue weighted by atomic mass is 9.74. The maximum absolute atomic E-state index is 17.0. The SMILES string of the molecule is C#Cc1c(F)ccc2cc(O)cc(-c3ncc4c(N5CCCOCC5)nc(OCC56CCCC5N(C5CCC(C#N)CC5)CCC6)nc4c3F)c12. The second kappa shape index (κ2) is 13.9. The van der Waals surface area contributed by atoms with E-state index < -0.39 is 11.6 Å². The molecule has 1 N–H and O–H groups in total. The highest BCUT2D eigenvalue weighted by Crippen LogP contribution is 2.50. The minimum atomic E-state index is -0.736. The van der Waals surface area contributed by atoms with E-state index in [2.05, 4.69) is 26.8 Å².